The number of hydrogen-bond donors (Lipinski definition) is 2. The minimum atomic E-state index is -0.551. The maximum atomic E-state index is 12.7. The summed E-state index contributed by atoms with van der Waals surface area (Å²) in [5, 5.41) is 14.3. The van der Waals surface area contributed by atoms with E-state index >= 15 is 0 Å². The molecule has 0 aromatic heterocycles. The van der Waals surface area contributed by atoms with Crippen LogP contribution in [0.3, 0.4) is 0 Å². The number of rotatable bonds is 2. The molecule has 0 aliphatic carbocycles. The number of nitro benzene ring substituents is 1. The smallest absolute Gasteiger partial charge is 0.292 e. The second-order valence-electron chi connectivity index (χ2n) is 5.62. The number of nitrogens with zero attached hydrogens (tertiary/aromatic N) is 2. The Balaban J connectivity index is 1.91. The quantitative estimate of drug-likeness (QED) is 0.483. The van der Waals surface area contributed by atoms with Crippen LogP contribution in [0.5, 0.6) is 0 Å². The van der Waals surface area contributed by atoms with Gasteiger partial charge in [-0.3, -0.25) is 14.9 Å². The highest BCUT2D eigenvalue weighted by atomic mass is 16.6. The average Bonchev–Trinajstić information content (AvgIpc) is 2.71. The van der Waals surface area contributed by atoms with Crippen molar-refractivity contribution in [2.75, 3.05) is 18.8 Å². The van der Waals surface area contributed by atoms with Crippen LogP contribution in [0.15, 0.2) is 18.2 Å². The van der Waals surface area contributed by atoms with Crippen molar-refractivity contribution in [2.45, 2.75) is 31.3 Å². The van der Waals surface area contributed by atoms with Gasteiger partial charge in [-0.2, -0.15) is 0 Å². The summed E-state index contributed by atoms with van der Waals surface area (Å²) < 4.78 is 0. The van der Waals surface area contributed by atoms with Gasteiger partial charge in [-0.1, -0.05) is 0 Å². The highest BCUT2D eigenvalue weighted by Gasteiger charge is 2.38. The first kappa shape index (κ1) is 13.8. The number of amides is 1. The predicted molar refractivity (Wildman–Crippen MR) is 78.0 cm³/mol. The number of nitro groups is 1. The van der Waals surface area contributed by atoms with Crippen LogP contribution < -0.4 is 11.1 Å². The molecule has 0 saturated carbocycles. The number of hydrogen-bond acceptors (Lipinski definition) is 5. The lowest BCUT2D eigenvalue weighted by Crippen LogP contribution is -2.42. The summed E-state index contributed by atoms with van der Waals surface area (Å²) in [6.07, 6.45) is 2.93. The predicted octanol–water partition coefficient (Wildman–Crippen LogP) is 1.14. The van der Waals surface area contributed by atoms with E-state index in [9.17, 15) is 14.9 Å². The first-order valence-corrected chi connectivity index (χ1v) is 7.15. The number of nitrogens with one attached hydrogen (secondary N) is 1. The summed E-state index contributed by atoms with van der Waals surface area (Å²) in [5.74, 6) is -0.130. The van der Waals surface area contributed by atoms with E-state index in [2.05, 4.69) is 5.32 Å². The molecule has 2 heterocycles. The van der Waals surface area contributed by atoms with Crippen molar-refractivity contribution >= 4 is 17.3 Å². The molecule has 1 aromatic rings. The highest BCUT2D eigenvalue weighted by molar-refractivity contribution is 5.96. The van der Waals surface area contributed by atoms with E-state index in [4.69, 9.17) is 5.73 Å². The lowest BCUT2D eigenvalue weighted by Gasteiger charge is -2.28. The van der Waals surface area contributed by atoms with Gasteiger partial charge in [-0.05, 0) is 37.9 Å². The summed E-state index contributed by atoms with van der Waals surface area (Å²) in [6.45, 7) is 1.70. The molecule has 1 amide bonds. The molecule has 2 atom stereocenters. The lowest BCUT2D eigenvalue weighted by molar-refractivity contribution is -0.383. The largest absolute Gasteiger partial charge is 0.393 e. The number of carbonyl (C=O) groups excluding carboxylic acids is 1. The molecule has 1 aromatic carbocycles. The maximum absolute atomic E-state index is 12.7. The Hall–Kier alpha value is -2.15. The molecule has 2 bridgehead atoms. The summed E-state index contributed by atoms with van der Waals surface area (Å²) in [6, 6.07) is 4.71. The molecule has 3 rings (SSSR count). The summed E-state index contributed by atoms with van der Waals surface area (Å²) in [5.41, 5.74) is 5.80. The second-order valence-corrected chi connectivity index (χ2v) is 5.62. The first-order valence-electron chi connectivity index (χ1n) is 7.15. The van der Waals surface area contributed by atoms with Crippen LogP contribution in [0, 0.1) is 10.1 Å². The zero-order valence-electron chi connectivity index (χ0n) is 11.6. The average molecular weight is 290 g/mol. The van der Waals surface area contributed by atoms with Crippen LogP contribution in [0.1, 0.15) is 29.6 Å². The number of nitrogens with two attached hydrogens (primary N) is 1. The third-order valence-electron chi connectivity index (χ3n) is 4.36. The fourth-order valence-corrected chi connectivity index (χ4v) is 3.30. The van der Waals surface area contributed by atoms with Gasteiger partial charge in [0, 0.05) is 30.3 Å². The maximum Gasteiger partial charge on any atom is 0.292 e. The molecule has 21 heavy (non-hydrogen) atoms. The Bertz CT molecular complexity index is 576. The van der Waals surface area contributed by atoms with E-state index in [0.29, 0.717) is 5.56 Å². The van der Waals surface area contributed by atoms with Crippen molar-refractivity contribution in [2.24, 2.45) is 0 Å². The van der Waals surface area contributed by atoms with Gasteiger partial charge in [0.2, 0.25) is 0 Å². The zero-order valence-corrected chi connectivity index (χ0v) is 11.6. The third-order valence-corrected chi connectivity index (χ3v) is 4.36. The number of nitrogen functional groups attached to an aromatic ring is 1. The first-order chi connectivity index (χ1) is 10.1. The normalized spacial score (nSPS) is 24.7. The van der Waals surface area contributed by atoms with Crippen molar-refractivity contribution in [3.8, 4) is 0 Å². The van der Waals surface area contributed by atoms with Crippen molar-refractivity contribution in [1.29, 1.82) is 0 Å². The van der Waals surface area contributed by atoms with Crippen LogP contribution in [0.25, 0.3) is 0 Å². The molecule has 2 aliphatic rings. The Labute approximate surface area is 122 Å². The SMILES string of the molecule is Nc1ccc(C(=O)N2C3CCNCC2CC3)cc1[N+](=O)[O-]. The molecule has 0 radical (unpaired) electrons. The highest BCUT2D eigenvalue weighted by Crippen LogP contribution is 2.31. The minimum Gasteiger partial charge on any atom is -0.393 e. The number of anilines is 1. The molecule has 2 aliphatic heterocycles. The number of fused-ring (bicyclic) bond motifs is 2. The molecule has 7 nitrogen and oxygen atoms in total. The van der Waals surface area contributed by atoms with E-state index in [0.717, 1.165) is 32.4 Å². The van der Waals surface area contributed by atoms with Gasteiger partial charge in [-0.25, -0.2) is 0 Å². The van der Waals surface area contributed by atoms with Gasteiger partial charge in [-0.15, -0.1) is 0 Å². The molecule has 3 N–H and O–H groups in total. The fraction of sp³-hybridized carbons (Fsp3) is 0.500. The van der Waals surface area contributed by atoms with E-state index in [-0.39, 0.29) is 29.4 Å². The van der Waals surface area contributed by atoms with Crippen LogP contribution in [-0.4, -0.2) is 40.9 Å². The summed E-state index contributed by atoms with van der Waals surface area (Å²) >= 11 is 0. The molecular weight excluding hydrogens is 272 g/mol. The van der Waals surface area contributed by atoms with Gasteiger partial charge in [0.1, 0.15) is 5.69 Å². The monoisotopic (exact) mass is 290 g/mol. The van der Waals surface area contributed by atoms with Gasteiger partial charge >= 0.3 is 0 Å². The fourth-order valence-electron chi connectivity index (χ4n) is 3.30. The van der Waals surface area contributed by atoms with Gasteiger partial charge in [0.05, 0.1) is 4.92 Å². The third kappa shape index (κ3) is 2.44. The van der Waals surface area contributed by atoms with Crippen molar-refractivity contribution in [3.63, 3.8) is 0 Å². The van der Waals surface area contributed by atoms with Gasteiger partial charge in [0.15, 0.2) is 0 Å². The standard InChI is InChI=1S/C14H18N4O3/c15-12-4-1-9(7-13(12)18(20)21)14(19)17-10-2-3-11(17)8-16-6-5-10/h1,4,7,10-11,16H,2-3,5-6,8,15H2. The van der Waals surface area contributed by atoms with E-state index in [1.54, 1.807) is 6.07 Å². The molecule has 2 fully saturated rings. The molecule has 112 valence electrons. The number of benzene rings is 1. The molecule has 2 saturated heterocycles. The van der Waals surface area contributed by atoms with Crippen molar-refractivity contribution in [3.05, 3.63) is 33.9 Å². The zero-order chi connectivity index (χ0) is 15.0. The second kappa shape index (κ2) is 5.33. The Morgan fingerprint density at radius 3 is 2.86 bits per heavy atom. The van der Waals surface area contributed by atoms with Gasteiger partial charge < -0.3 is 16.0 Å². The van der Waals surface area contributed by atoms with Crippen LogP contribution in [0.4, 0.5) is 11.4 Å². The van der Waals surface area contributed by atoms with E-state index < -0.39 is 4.92 Å². The molecule has 7 heteroatoms. The molecule has 2 unspecified atom stereocenters. The number of carbonyl (C=O) groups is 1. The molecule has 0 spiro atoms. The van der Waals surface area contributed by atoms with Crippen LogP contribution >= 0.6 is 0 Å². The minimum absolute atomic E-state index is 0.0806. The summed E-state index contributed by atoms with van der Waals surface area (Å²) in [4.78, 5) is 25.0. The van der Waals surface area contributed by atoms with Crippen molar-refractivity contribution < 1.29 is 9.72 Å². The van der Waals surface area contributed by atoms with Crippen LogP contribution in [0.2, 0.25) is 0 Å². The molecular formula is C14H18N4O3. The lowest BCUT2D eigenvalue weighted by atomic mass is 10.1. The van der Waals surface area contributed by atoms with Crippen LogP contribution in [-0.2, 0) is 0 Å². The van der Waals surface area contributed by atoms with E-state index in [1.807, 2.05) is 4.90 Å². The Morgan fingerprint density at radius 2 is 2.10 bits per heavy atom. The Morgan fingerprint density at radius 1 is 1.33 bits per heavy atom. The summed E-state index contributed by atoms with van der Waals surface area (Å²) in [7, 11) is 0. The van der Waals surface area contributed by atoms with Crippen molar-refractivity contribution in [1.82, 2.24) is 10.2 Å². The topological polar surface area (TPSA) is 102 Å². The van der Waals surface area contributed by atoms with Gasteiger partial charge in [0.25, 0.3) is 11.6 Å². The Kier molecular flexibility index (Phi) is 3.50. The van der Waals surface area contributed by atoms with E-state index in [1.165, 1.54) is 12.1 Å².